The second-order valence-electron chi connectivity index (χ2n) is 17.0. The van der Waals surface area contributed by atoms with E-state index in [2.05, 4.69) is 43.6 Å². The molecular weight excluding hydrogens is 578 g/mol. The second-order valence-corrected chi connectivity index (χ2v) is 17.0. The van der Waals surface area contributed by atoms with E-state index in [0.717, 1.165) is 61.5 Å². The summed E-state index contributed by atoms with van der Waals surface area (Å²) in [6.07, 6.45) is 12.8. The van der Waals surface area contributed by atoms with Crippen LogP contribution in [0.1, 0.15) is 104 Å². The van der Waals surface area contributed by atoms with Crippen LogP contribution in [0, 0.1) is 52.3 Å². The number of hydrogen-bond donors (Lipinski definition) is 5. The van der Waals surface area contributed by atoms with E-state index in [0.29, 0.717) is 47.7 Å². The number of benzene rings is 1. The molecule has 46 heavy (non-hydrogen) atoms. The van der Waals surface area contributed by atoms with Crippen LogP contribution in [-0.2, 0) is 20.7 Å². The van der Waals surface area contributed by atoms with E-state index in [1.165, 1.54) is 50.7 Å². The molecule has 1 aromatic rings. The second kappa shape index (κ2) is 12.0. The first-order chi connectivity index (χ1) is 21.9. The van der Waals surface area contributed by atoms with Crippen LogP contribution in [-0.4, -0.2) is 53.0 Å². The Morgan fingerprint density at radius 1 is 0.935 bits per heavy atom. The van der Waals surface area contributed by atoms with Gasteiger partial charge in [0.1, 0.15) is 12.1 Å². The van der Waals surface area contributed by atoms with Gasteiger partial charge in [0, 0.05) is 25.0 Å². The van der Waals surface area contributed by atoms with Gasteiger partial charge in [-0.15, -0.1) is 0 Å². The van der Waals surface area contributed by atoms with Gasteiger partial charge in [-0.25, -0.2) is 0 Å². The lowest BCUT2D eigenvalue weighted by Gasteiger charge is -2.61. The number of ether oxygens (including phenoxy) is 1. The van der Waals surface area contributed by atoms with Crippen molar-refractivity contribution in [3.8, 4) is 11.5 Å². The number of carbonyl (C=O) groups is 2. The molecule has 2 amide bonds. The number of amides is 2. The van der Waals surface area contributed by atoms with Gasteiger partial charge in [-0.2, -0.15) is 0 Å². The van der Waals surface area contributed by atoms with Crippen LogP contribution in [0.2, 0.25) is 0 Å². The summed E-state index contributed by atoms with van der Waals surface area (Å²) in [5.74, 6) is 4.09. The van der Waals surface area contributed by atoms with Crippen molar-refractivity contribution < 1.29 is 24.5 Å². The van der Waals surface area contributed by atoms with E-state index >= 15 is 0 Å². The minimum absolute atomic E-state index is 0.0987. The number of hydrogen-bond acceptors (Lipinski definition) is 6. The standard InChI is InChI=1S/C38H57N3O5/c1-22-9-15-38(40-21-22)23(2)35-32(46-38)19-29-27-7-6-25-18-26(10-13-36(25,3)28(27)11-14-37(29,35)4)41-34(45)20-33(44)39-16-12-24-5-8-30(42)31(43)17-24/h5,8,17,22-23,25-29,32,35,40,42-43H,6-7,9-16,18-21H2,1-4H3,(H,39,44)(H,41,45)/t22-,23+,25-,26?,27-,28+,29+,32+,35+,36+,37+,38-/m1/s1. The van der Waals surface area contributed by atoms with Crippen LogP contribution in [0.5, 0.6) is 11.5 Å². The fourth-order valence-corrected chi connectivity index (χ4v) is 12.1. The van der Waals surface area contributed by atoms with Crippen LogP contribution >= 0.6 is 0 Å². The third-order valence-electron chi connectivity index (χ3n) is 14.6. The van der Waals surface area contributed by atoms with Crippen LogP contribution in [0.3, 0.4) is 0 Å². The Bertz CT molecular complexity index is 1330. The summed E-state index contributed by atoms with van der Waals surface area (Å²) in [7, 11) is 0. The van der Waals surface area contributed by atoms with Gasteiger partial charge in [0.25, 0.3) is 0 Å². The minimum atomic E-state index is -0.286. The van der Waals surface area contributed by atoms with Crippen LogP contribution in [0.15, 0.2) is 18.2 Å². The average molecular weight is 636 g/mol. The van der Waals surface area contributed by atoms with Crippen LogP contribution < -0.4 is 16.0 Å². The average Bonchev–Trinajstić information content (AvgIpc) is 3.46. The summed E-state index contributed by atoms with van der Waals surface area (Å²) in [4.78, 5) is 25.3. The highest BCUT2D eigenvalue weighted by Gasteiger charge is 2.68. The molecule has 1 unspecified atom stereocenters. The van der Waals surface area contributed by atoms with Gasteiger partial charge in [0.05, 0.1) is 6.10 Å². The molecule has 12 atom stereocenters. The van der Waals surface area contributed by atoms with Gasteiger partial charge in [-0.3, -0.25) is 14.9 Å². The summed E-state index contributed by atoms with van der Waals surface area (Å²) < 4.78 is 7.07. The van der Waals surface area contributed by atoms with Crippen LogP contribution in [0.4, 0.5) is 0 Å². The van der Waals surface area contributed by atoms with Crippen molar-refractivity contribution in [2.75, 3.05) is 13.1 Å². The Morgan fingerprint density at radius 3 is 2.50 bits per heavy atom. The Kier molecular flexibility index (Phi) is 8.39. The zero-order chi connectivity index (χ0) is 32.4. The Balaban J connectivity index is 0.914. The molecule has 2 saturated heterocycles. The van der Waals surface area contributed by atoms with E-state index in [4.69, 9.17) is 4.74 Å². The molecule has 4 saturated carbocycles. The molecule has 2 aliphatic heterocycles. The monoisotopic (exact) mass is 635 g/mol. The first-order valence-corrected chi connectivity index (χ1v) is 18.4. The minimum Gasteiger partial charge on any atom is -0.504 e. The third kappa shape index (κ3) is 5.43. The van der Waals surface area contributed by atoms with E-state index in [9.17, 15) is 19.8 Å². The van der Waals surface area contributed by atoms with Crippen molar-refractivity contribution >= 4 is 11.8 Å². The number of piperidine rings is 1. The van der Waals surface area contributed by atoms with Crippen molar-refractivity contribution in [2.45, 2.75) is 123 Å². The molecule has 0 bridgehead atoms. The molecule has 0 aromatic heterocycles. The van der Waals surface area contributed by atoms with Crippen molar-refractivity contribution in [1.82, 2.24) is 16.0 Å². The molecule has 6 aliphatic rings. The maximum absolute atomic E-state index is 12.9. The zero-order valence-electron chi connectivity index (χ0n) is 28.4. The number of aromatic hydroxyl groups is 2. The fraction of sp³-hybridized carbons (Fsp3) is 0.789. The first kappa shape index (κ1) is 32.2. The van der Waals surface area contributed by atoms with Gasteiger partial charge in [0.15, 0.2) is 11.5 Å². The quantitative estimate of drug-likeness (QED) is 0.204. The summed E-state index contributed by atoms with van der Waals surface area (Å²) in [5, 5.41) is 29.1. The molecule has 8 heteroatoms. The molecule has 5 N–H and O–H groups in total. The summed E-state index contributed by atoms with van der Waals surface area (Å²) >= 11 is 0. The summed E-state index contributed by atoms with van der Waals surface area (Å²) in [5.41, 5.74) is 1.41. The molecule has 254 valence electrons. The molecule has 0 radical (unpaired) electrons. The number of carbonyl (C=O) groups excluding carboxylic acids is 2. The SMILES string of the molecule is C[C@@H]1CC[C@@]2(NC1)O[C@H]1C[C@H]3[C@@H]4CC[C@@H]5CC(NC(=O)CC(=O)NCCc6ccc(O)c(O)c6)CC[C@]5(C)[C@H]4CC[C@]3(C)[C@H]1[C@@H]2C. The van der Waals surface area contributed by atoms with E-state index in [1.807, 2.05) is 0 Å². The molecule has 6 fully saturated rings. The van der Waals surface area contributed by atoms with Crippen LogP contribution in [0.25, 0.3) is 0 Å². The highest BCUT2D eigenvalue weighted by Crippen LogP contribution is 2.71. The van der Waals surface area contributed by atoms with Crippen molar-refractivity contribution in [2.24, 2.45) is 52.3 Å². The maximum Gasteiger partial charge on any atom is 0.229 e. The van der Waals surface area contributed by atoms with Gasteiger partial charge in [-0.05, 0) is 135 Å². The van der Waals surface area contributed by atoms with Crippen molar-refractivity contribution in [1.29, 1.82) is 0 Å². The number of rotatable bonds is 6. The summed E-state index contributed by atoms with van der Waals surface area (Å²) in [6.45, 7) is 11.5. The Labute approximate surface area is 275 Å². The van der Waals surface area contributed by atoms with Crippen molar-refractivity contribution in [3.05, 3.63) is 23.8 Å². The molecule has 8 nitrogen and oxygen atoms in total. The molecule has 1 aromatic carbocycles. The molecule has 4 aliphatic carbocycles. The topological polar surface area (TPSA) is 120 Å². The molecular formula is C38H57N3O5. The Morgan fingerprint density at radius 2 is 1.74 bits per heavy atom. The molecule has 2 heterocycles. The van der Waals surface area contributed by atoms with Gasteiger partial charge in [0.2, 0.25) is 11.8 Å². The summed E-state index contributed by atoms with van der Waals surface area (Å²) in [6, 6.07) is 4.78. The highest BCUT2D eigenvalue weighted by atomic mass is 16.5. The number of fused-ring (bicyclic) bond motifs is 7. The maximum atomic E-state index is 12.9. The lowest BCUT2D eigenvalue weighted by molar-refractivity contribution is -0.137. The van der Waals surface area contributed by atoms with Gasteiger partial charge >= 0.3 is 0 Å². The molecule has 1 spiro atoms. The number of nitrogens with one attached hydrogen (secondary N) is 3. The van der Waals surface area contributed by atoms with E-state index < -0.39 is 0 Å². The van der Waals surface area contributed by atoms with E-state index in [-0.39, 0.29) is 41.5 Å². The number of phenolic OH excluding ortho intramolecular Hbond substituents is 2. The zero-order valence-corrected chi connectivity index (χ0v) is 28.4. The lowest BCUT2D eigenvalue weighted by Crippen LogP contribution is -2.58. The first-order valence-electron chi connectivity index (χ1n) is 18.4. The fourth-order valence-electron chi connectivity index (χ4n) is 12.1. The highest BCUT2D eigenvalue weighted by molar-refractivity contribution is 5.96. The predicted molar refractivity (Wildman–Crippen MR) is 177 cm³/mol. The largest absolute Gasteiger partial charge is 0.504 e. The third-order valence-corrected chi connectivity index (χ3v) is 14.6. The lowest BCUT2D eigenvalue weighted by atomic mass is 9.44. The van der Waals surface area contributed by atoms with E-state index in [1.54, 1.807) is 6.07 Å². The normalized spacial score (nSPS) is 44.5. The van der Waals surface area contributed by atoms with Gasteiger partial charge < -0.3 is 25.6 Å². The smallest absolute Gasteiger partial charge is 0.229 e. The Hall–Kier alpha value is -2.32. The molecule has 7 rings (SSSR count). The van der Waals surface area contributed by atoms with Crippen molar-refractivity contribution in [3.63, 3.8) is 0 Å². The predicted octanol–water partition coefficient (Wildman–Crippen LogP) is 5.65. The number of phenols is 2. The van der Waals surface area contributed by atoms with Gasteiger partial charge in [-0.1, -0.05) is 33.8 Å².